The summed E-state index contributed by atoms with van der Waals surface area (Å²) in [6, 6.07) is 10.2. The van der Waals surface area contributed by atoms with E-state index in [0.29, 0.717) is 0 Å². The predicted molar refractivity (Wildman–Crippen MR) is 112 cm³/mol. The molecule has 2 N–H and O–H groups in total. The minimum Gasteiger partial charge on any atom is -0.459 e. The number of unbranched alkanes of at least 4 members (excludes halogenated alkanes) is 1. The fourth-order valence-corrected chi connectivity index (χ4v) is 2.76. The Morgan fingerprint density at radius 1 is 1.30 bits per heavy atom. The van der Waals surface area contributed by atoms with Crippen LogP contribution in [0.3, 0.4) is 0 Å². The van der Waals surface area contributed by atoms with E-state index in [-0.39, 0.29) is 30.0 Å². The smallest absolute Gasteiger partial charge is 0.191 e. The maximum atomic E-state index is 5.88. The van der Waals surface area contributed by atoms with Crippen LogP contribution in [0, 0.1) is 0 Å². The third-order valence-corrected chi connectivity index (χ3v) is 4.21. The number of fused-ring (bicyclic) bond motifs is 1. The van der Waals surface area contributed by atoms with Crippen LogP contribution in [0.5, 0.6) is 0 Å². The Bertz CT molecular complexity index is 582. The third-order valence-electron chi connectivity index (χ3n) is 3.52. The summed E-state index contributed by atoms with van der Waals surface area (Å²) >= 11 is 1.89. The summed E-state index contributed by atoms with van der Waals surface area (Å²) in [5.41, 5.74) is 0.922. The van der Waals surface area contributed by atoms with E-state index in [1.165, 1.54) is 12.2 Å². The second kappa shape index (κ2) is 10.8. The molecule has 23 heavy (non-hydrogen) atoms. The van der Waals surface area contributed by atoms with Crippen molar-refractivity contribution in [3.63, 3.8) is 0 Å². The van der Waals surface area contributed by atoms with Crippen molar-refractivity contribution in [3.8, 4) is 0 Å². The van der Waals surface area contributed by atoms with E-state index < -0.39 is 0 Å². The number of para-hydroxylation sites is 1. The molecule has 0 aliphatic carbocycles. The second-order valence-corrected chi connectivity index (χ2v) is 6.24. The number of benzene rings is 1. The number of hydrogen-bond donors (Lipinski definition) is 2. The molecule has 0 radical (unpaired) electrons. The van der Waals surface area contributed by atoms with Gasteiger partial charge in [0, 0.05) is 19.0 Å². The number of nitrogens with one attached hydrogen (secondary N) is 2. The van der Waals surface area contributed by atoms with Crippen LogP contribution in [0.1, 0.15) is 31.6 Å². The Morgan fingerprint density at radius 3 is 2.78 bits per heavy atom. The van der Waals surface area contributed by atoms with Crippen molar-refractivity contribution in [2.45, 2.75) is 25.8 Å². The third kappa shape index (κ3) is 6.25. The largest absolute Gasteiger partial charge is 0.459 e. The average Bonchev–Trinajstić information content (AvgIpc) is 2.97. The predicted octanol–water partition coefficient (Wildman–Crippen LogP) is 4.42. The highest BCUT2D eigenvalue weighted by molar-refractivity contribution is 14.0. The Kier molecular flexibility index (Phi) is 9.47. The van der Waals surface area contributed by atoms with Crippen LogP contribution in [-0.4, -0.2) is 31.6 Å². The van der Waals surface area contributed by atoms with Crippen molar-refractivity contribution in [2.24, 2.45) is 4.99 Å². The highest BCUT2D eigenvalue weighted by Gasteiger charge is 2.12. The molecule has 0 fully saturated rings. The quantitative estimate of drug-likeness (QED) is 0.286. The van der Waals surface area contributed by atoms with Crippen LogP contribution in [0.2, 0.25) is 0 Å². The van der Waals surface area contributed by atoms with Crippen molar-refractivity contribution in [3.05, 3.63) is 36.1 Å². The molecule has 0 amide bonds. The second-order valence-electron chi connectivity index (χ2n) is 5.25. The molecule has 4 nitrogen and oxygen atoms in total. The lowest BCUT2D eigenvalue weighted by Crippen LogP contribution is -2.39. The number of furan rings is 1. The van der Waals surface area contributed by atoms with Crippen molar-refractivity contribution in [2.75, 3.05) is 25.6 Å². The molecule has 1 unspecified atom stereocenters. The molecule has 1 atom stereocenters. The minimum absolute atomic E-state index is 0. The summed E-state index contributed by atoms with van der Waals surface area (Å²) in [7, 11) is 1.79. The molecule has 0 aliphatic heterocycles. The monoisotopic (exact) mass is 447 g/mol. The van der Waals surface area contributed by atoms with E-state index in [9.17, 15) is 0 Å². The van der Waals surface area contributed by atoms with Crippen molar-refractivity contribution >= 4 is 52.7 Å². The molecule has 2 aromatic rings. The minimum atomic E-state index is 0. The molecular weight excluding hydrogens is 421 g/mol. The summed E-state index contributed by atoms with van der Waals surface area (Å²) in [6.07, 6.45) is 4.52. The SMILES string of the molecule is CN=C(NCCCCSC)NC(C)c1cc2ccccc2o1.I. The molecule has 1 aromatic heterocycles. The first-order valence-corrected chi connectivity index (χ1v) is 9.08. The van der Waals surface area contributed by atoms with Gasteiger partial charge in [-0.3, -0.25) is 4.99 Å². The van der Waals surface area contributed by atoms with Gasteiger partial charge >= 0.3 is 0 Å². The number of halogens is 1. The lowest BCUT2D eigenvalue weighted by Gasteiger charge is -2.16. The molecule has 1 aromatic carbocycles. The van der Waals surface area contributed by atoms with Crippen LogP contribution >= 0.6 is 35.7 Å². The molecule has 0 aliphatic rings. The maximum Gasteiger partial charge on any atom is 0.191 e. The van der Waals surface area contributed by atoms with E-state index >= 15 is 0 Å². The lowest BCUT2D eigenvalue weighted by molar-refractivity contribution is 0.488. The van der Waals surface area contributed by atoms with E-state index in [1.807, 2.05) is 30.0 Å². The van der Waals surface area contributed by atoms with Gasteiger partial charge in [0.05, 0.1) is 6.04 Å². The summed E-state index contributed by atoms with van der Waals surface area (Å²) in [5, 5.41) is 7.86. The number of hydrogen-bond acceptors (Lipinski definition) is 3. The van der Waals surface area contributed by atoms with Gasteiger partial charge in [-0.25, -0.2) is 0 Å². The van der Waals surface area contributed by atoms with E-state index in [0.717, 1.165) is 35.7 Å². The van der Waals surface area contributed by atoms with Crippen molar-refractivity contribution < 1.29 is 4.42 Å². The zero-order valence-electron chi connectivity index (χ0n) is 14.0. The molecule has 0 saturated carbocycles. The van der Waals surface area contributed by atoms with Gasteiger partial charge in [0.15, 0.2) is 5.96 Å². The molecular formula is C17H26IN3OS. The van der Waals surface area contributed by atoms with E-state index in [2.05, 4.69) is 40.9 Å². The highest BCUT2D eigenvalue weighted by atomic mass is 127. The topological polar surface area (TPSA) is 49.6 Å². The molecule has 0 bridgehead atoms. The van der Waals surface area contributed by atoms with Gasteiger partial charge in [-0.05, 0) is 43.9 Å². The van der Waals surface area contributed by atoms with Gasteiger partial charge in [-0.1, -0.05) is 18.2 Å². The fraction of sp³-hybridized carbons (Fsp3) is 0.471. The van der Waals surface area contributed by atoms with Gasteiger partial charge in [0.2, 0.25) is 0 Å². The van der Waals surface area contributed by atoms with Gasteiger partial charge in [-0.15, -0.1) is 24.0 Å². The fourth-order valence-electron chi connectivity index (χ4n) is 2.26. The highest BCUT2D eigenvalue weighted by Crippen LogP contribution is 2.23. The molecule has 2 rings (SSSR count). The summed E-state index contributed by atoms with van der Waals surface area (Å²) in [6.45, 7) is 3.02. The summed E-state index contributed by atoms with van der Waals surface area (Å²) in [5.74, 6) is 2.95. The summed E-state index contributed by atoms with van der Waals surface area (Å²) < 4.78 is 5.88. The molecule has 1 heterocycles. The van der Waals surface area contributed by atoms with E-state index in [4.69, 9.17) is 4.42 Å². The number of thioether (sulfide) groups is 1. The van der Waals surface area contributed by atoms with Gasteiger partial charge in [0.1, 0.15) is 11.3 Å². The first-order valence-electron chi connectivity index (χ1n) is 7.69. The van der Waals surface area contributed by atoms with Crippen LogP contribution < -0.4 is 10.6 Å². The first-order chi connectivity index (χ1) is 10.7. The average molecular weight is 447 g/mol. The zero-order chi connectivity index (χ0) is 15.8. The van der Waals surface area contributed by atoms with Crippen LogP contribution in [0.25, 0.3) is 11.0 Å². The standard InChI is InChI=1S/C17H25N3OS.HI/c1-13(16-12-14-8-4-5-9-15(14)21-16)20-17(18-2)19-10-6-7-11-22-3;/h4-5,8-9,12-13H,6-7,10-11H2,1-3H3,(H2,18,19,20);1H. The Labute approximate surface area is 159 Å². The zero-order valence-corrected chi connectivity index (χ0v) is 17.1. The Hall–Kier alpha value is -0.890. The number of nitrogens with zero attached hydrogens (tertiary/aromatic N) is 1. The summed E-state index contributed by atoms with van der Waals surface area (Å²) in [4.78, 5) is 4.27. The Balaban J connectivity index is 0.00000264. The molecule has 6 heteroatoms. The molecule has 0 spiro atoms. The van der Waals surface area contributed by atoms with Gasteiger partial charge in [-0.2, -0.15) is 11.8 Å². The molecule has 128 valence electrons. The van der Waals surface area contributed by atoms with Crippen LogP contribution in [-0.2, 0) is 0 Å². The van der Waals surface area contributed by atoms with Crippen LogP contribution in [0.15, 0.2) is 39.7 Å². The number of rotatable bonds is 7. The maximum absolute atomic E-state index is 5.88. The first kappa shape index (κ1) is 20.2. The normalized spacial score (nSPS) is 12.7. The number of aliphatic imine (C=N–C) groups is 1. The van der Waals surface area contributed by atoms with Crippen LogP contribution in [0.4, 0.5) is 0 Å². The van der Waals surface area contributed by atoms with Crippen molar-refractivity contribution in [1.29, 1.82) is 0 Å². The Morgan fingerprint density at radius 2 is 2.09 bits per heavy atom. The van der Waals surface area contributed by atoms with E-state index in [1.54, 1.807) is 7.05 Å². The van der Waals surface area contributed by atoms with Crippen molar-refractivity contribution in [1.82, 2.24) is 10.6 Å². The molecule has 0 saturated heterocycles. The van der Waals surface area contributed by atoms with Gasteiger partial charge in [0.25, 0.3) is 0 Å². The van der Waals surface area contributed by atoms with Gasteiger partial charge < -0.3 is 15.1 Å². The number of guanidine groups is 1. The lowest BCUT2D eigenvalue weighted by atomic mass is 10.2.